The summed E-state index contributed by atoms with van der Waals surface area (Å²) in [6.07, 6.45) is 2.96. The van der Waals surface area contributed by atoms with Gasteiger partial charge in [0, 0.05) is 16.9 Å². The van der Waals surface area contributed by atoms with E-state index in [2.05, 4.69) is 21.2 Å². The van der Waals surface area contributed by atoms with E-state index in [1.54, 1.807) is 25.3 Å². The van der Waals surface area contributed by atoms with Crippen molar-refractivity contribution in [2.24, 2.45) is 0 Å². The summed E-state index contributed by atoms with van der Waals surface area (Å²) in [7, 11) is 1.58. The minimum atomic E-state index is -0.0911. The molecule has 0 saturated carbocycles. The second kappa shape index (κ2) is 8.38. The van der Waals surface area contributed by atoms with Crippen molar-refractivity contribution in [3.63, 3.8) is 0 Å². The highest BCUT2D eigenvalue weighted by molar-refractivity contribution is 9.10. The van der Waals surface area contributed by atoms with Gasteiger partial charge < -0.3 is 10.1 Å². The van der Waals surface area contributed by atoms with E-state index in [9.17, 15) is 4.79 Å². The van der Waals surface area contributed by atoms with E-state index in [1.807, 2.05) is 0 Å². The number of halogens is 2. The third-order valence-corrected chi connectivity index (χ3v) is 3.47. The monoisotopic (exact) mass is 333 g/mol. The zero-order valence-electron chi connectivity index (χ0n) is 10.3. The van der Waals surface area contributed by atoms with Crippen molar-refractivity contribution in [1.82, 2.24) is 5.32 Å². The first-order valence-electron chi connectivity index (χ1n) is 5.86. The van der Waals surface area contributed by atoms with E-state index in [0.29, 0.717) is 23.7 Å². The van der Waals surface area contributed by atoms with Crippen LogP contribution in [0, 0.1) is 0 Å². The van der Waals surface area contributed by atoms with Crippen LogP contribution in [-0.2, 0) is 0 Å². The molecule has 1 N–H and O–H groups in total. The Bertz CT molecular complexity index is 399. The third-order valence-electron chi connectivity index (χ3n) is 2.51. The highest BCUT2D eigenvalue weighted by atomic mass is 79.9. The average Bonchev–Trinajstić information content (AvgIpc) is 2.39. The van der Waals surface area contributed by atoms with Crippen LogP contribution in [0.1, 0.15) is 29.6 Å². The van der Waals surface area contributed by atoms with Gasteiger partial charge in [-0.15, -0.1) is 11.6 Å². The van der Waals surface area contributed by atoms with Gasteiger partial charge in [0.15, 0.2) is 0 Å². The van der Waals surface area contributed by atoms with Gasteiger partial charge in [0.2, 0.25) is 0 Å². The summed E-state index contributed by atoms with van der Waals surface area (Å²) in [6, 6.07) is 5.33. The maximum Gasteiger partial charge on any atom is 0.252 e. The Morgan fingerprint density at radius 3 is 2.83 bits per heavy atom. The van der Waals surface area contributed by atoms with E-state index in [4.69, 9.17) is 16.3 Å². The van der Waals surface area contributed by atoms with Gasteiger partial charge in [-0.3, -0.25) is 4.79 Å². The highest BCUT2D eigenvalue weighted by Crippen LogP contribution is 2.22. The molecular formula is C13H17BrClNO2. The lowest BCUT2D eigenvalue weighted by atomic mass is 10.2. The minimum absolute atomic E-state index is 0.0911. The Balaban J connectivity index is 2.50. The third kappa shape index (κ3) is 4.86. The first-order valence-corrected chi connectivity index (χ1v) is 7.19. The van der Waals surface area contributed by atoms with Crippen molar-refractivity contribution in [3.05, 3.63) is 28.2 Å². The maximum absolute atomic E-state index is 11.9. The molecule has 1 rings (SSSR count). The van der Waals surface area contributed by atoms with Crippen molar-refractivity contribution >= 4 is 33.4 Å². The summed E-state index contributed by atoms with van der Waals surface area (Å²) >= 11 is 8.95. The van der Waals surface area contributed by atoms with Gasteiger partial charge >= 0.3 is 0 Å². The second-order valence-corrected chi connectivity index (χ2v) is 5.08. The van der Waals surface area contributed by atoms with Crippen molar-refractivity contribution in [2.45, 2.75) is 19.3 Å². The Morgan fingerprint density at radius 2 is 2.17 bits per heavy atom. The van der Waals surface area contributed by atoms with E-state index in [0.717, 1.165) is 23.7 Å². The summed E-state index contributed by atoms with van der Waals surface area (Å²) in [5.41, 5.74) is 0.590. The van der Waals surface area contributed by atoms with Gasteiger partial charge in [0.25, 0.3) is 5.91 Å². The van der Waals surface area contributed by atoms with Gasteiger partial charge in [0.05, 0.1) is 12.7 Å². The summed E-state index contributed by atoms with van der Waals surface area (Å²) in [4.78, 5) is 11.9. The highest BCUT2D eigenvalue weighted by Gasteiger charge is 2.10. The zero-order valence-corrected chi connectivity index (χ0v) is 12.7. The summed E-state index contributed by atoms with van der Waals surface area (Å²) < 4.78 is 5.87. The molecule has 0 atom stereocenters. The fourth-order valence-corrected chi connectivity index (χ4v) is 2.11. The molecule has 5 heteroatoms. The van der Waals surface area contributed by atoms with Gasteiger partial charge in [-0.25, -0.2) is 0 Å². The van der Waals surface area contributed by atoms with Gasteiger partial charge in [-0.05, 0) is 47.0 Å². The van der Waals surface area contributed by atoms with Crippen LogP contribution in [0.15, 0.2) is 22.7 Å². The molecular weight excluding hydrogens is 318 g/mol. The smallest absolute Gasteiger partial charge is 0.252 e. The number of alkyl halides is 1. The van der Waals surface area contributed by atoms with Crippen LogP contribution in [0.2, 0.25) is 0 Å². The molecule has 3 nitrogen and oxygen atoms in total. The number of nitrogens with one attached hydrogen (secondary N) is 1. The number of rotatable bonds is 7. The van der Waals surface area contributed by atoms with Crippen LogP contribution in [0.4, 0.5) is 0 Å². The summed E-state index contributed by atoms with van der Waals surface area (Å²) in [6.45, 7) is 0.666. The molecule has 1 aromatic carbocycles. The fraction of sp³-hybridized carbons (Fsp3) is 0.462. The Morgan fingerprint density at radius 1 is 1.39 bits per heavy atom. The predicted octanol–water partition coefficient (Wildman–Crippen LogP) is 3.60. The molecule has 0 bridgehead atoms. The largest absolute Gasteiger partial charge is 0.497 e. The number of carbonyl (C=O) groups is 1. The molecule has 0 aliphatic heterocycles. The van der Waals surface area contributed by atoms with Gasteiger partial charge in [-0.1, -0.05) is 6.42 Å². The molecule has 1 aromatic rings. The molecule has 18 heavy (non-hydrogen) atoms. The second-order valence-electron chi connectivity index (χ2n) is 3.85. The van der Waals surface area contributed by atoms with Crippen molar-refractivity contribution in [1.29, 1.82) is 0 Å². The van der Waals surface area contributed by atoms with Crippen molar-refractivity contribution < 1.29 is 9.53 Å². The predicted molar refractivity (Wildman–Crippen MR) is 77.6 cm³/mol. The molecule has 0 aromatic heterocycles. The number of methoxy groups -OCH3 is 1. The van der Waals surface area contributed by atoms with Crippen LogP contribution in [0.25, 0.3) is 0 Å². The molecule has 0 radical (unpaired) electrons. The number of unbranched alkanes of at least 4 members (excludes halogenated alkanes) is 2. The fourth-order valence-electron chi connectivity index (χ4n) is 1.50. The number of benzene rings is 1. The number of ether oxygens (including phenoxy) is 1. The molecule has 0 aliphatic rings. The lowest BCUT2D eigenvalue weighted by Crippen LogP contribution is -2.24. The van der Waals surface area contributed by atoms with Crippen molar-refractivity contribution in [3.8, 4) is 5.75 Å². The van der Waals surface area contributed by atoms with Crippen molar-refractivity contribution in [2.75, 3.05) is 19.5 Å². The van der Waals surface area contributed by atoms with Crippen LogP contribution < -0.4 is 10.1 Å². The molecule has 0 saturated heterocycles. The molecule has 0 aliphatic carbocycles. The Hall–Kier alpha value is -0.740. The topological polar surface area (TPSA) is 38.3 Å². The van der Waals surface area contributed by atoms with Crippen LogP contribution in [0.5, 0.6) is 5.75 Å². The molecule has 0 unspecified atom stereocenters. The SMILES string of the molecule is COc1ccc(Br)c(C(=O)NCCCCCCl)c1. The average molecular weight is 335 g/mol. The first kappa shape index (κ1) is 15.3. The maximum atomic E-state index is 11.9. The normalized spacial score (nSPS) is 10.2. The number of hydrogen-bond acceptors (Lipinski definition) is 2. The summed E-state index contributed by atoms with van der Waals surface area (Å²) in [5, 5.41) is 2.88. The van der Waals surface area contributed by atoms with Crippen LogP contribution >= 0.6 is 27.5 Å². The molecule has 100 valence electrons. The molecule has 1 amide bonds. The van der Waals surface area contributed by atoms with E-state index < -0.39 is 0 Å². The van der Waals surface area contributed by atoms with E-state index >= 15 is 0 Å². The minimum Gasteiger partial charge on any atom is -0.497 e. The van der Waals surface area contributed by atoms with E-state index in [1.165, 1.54) is 0 Å². The lowest BCUT2D eigenvalue weighted by Gasteiger charge is -2.08. The summed E-state index contributed by atoms with van der Waals surface area (Å²) in [5.74, 6) is 1.26. The number of carbonyl (C=O) groups excluding carboxylic acids is 1. The van der Waals surface area contributed by atoms with Crippen LogP contribution in [-0.4, -0.2) is 25.4 Å². The number of amides is 1. The quantitative estimate of drug-likeness (QED) is 0.611. The van der Waals surface area contributed by atoms with Crippen LogP contribution in [0.3, 0.4) is 0 Å². The Labute approximate surface area is 121 Å². The standard InChI is InChI=1S/C13H17BrClNO2/c1-18-10-5-6-12(14)11(9-10)13(17)16-8-4-2-3-7-15/h5-6,9H,2-4,7-8H2,1H3,(H,16,17). The van der Waals surface area contributed by atoms with Gasteiger partial charge in [-0.2, -0.15) is 0 Å². The lowest BCUT2D eigenvalue weighted by molar-refractivity contribution is 0.0952. The Kier molecular flexibility index (Phi) is 7.13. The first-order chi connectivity index (χ1) is 8.69. The molecule has 0 heterocycles. The molecule has 0 spiro atoms. The number of hydrogen-bond donors (Lipinski definition) is 1. The molecule has 0 fully saturated rings. The van der Waals surface area contributed by atoms with E-state index in [-0.39, 0.29) is 5.91 Å². The van der Waals surface area contributed by atoms with Gasteiger partial charge in [0.1, 0.15) is 5.75 Å². The zero-order chi connectivity index (χ0) is 13.4.